The maximum Gasteiger partial charge on any atom is 0.227 e. The first kappa shape index (κ1) is 25.6. The first-order valence-corrected chi connectivity index (χ1v) is 12.0. The predicted octanol–water partition coefficient (Wildman–Crippen LogP) is 5.16. The van der Waals surface area contributed by atoms with Crippen molar-refractivity contribution in [3.63, 3.8) is 0 Å². The van der Waals surface area contributed by atoms with Crippen LogP contribution in [0, 0.1) is 12.7 Å². The molecule has 188 valence electrons. The van der Waals surface area contributed by atoms with E-state index >= 15 is 0 Å². The smallest absolute Gasteiger partial charge is 0.227 e. The normalized spacial score (nSPS) is 12.1. The number of aliphatic hydroxyl groups is 1. The van der Waals surface area contributed by atoms with E-state index in [9.17, 15) is 9.50 Å². The van der Waals surface area contributed by atoms with Gasteiger partial charge in [-0.1, -0.05) is 60.7 Å². The van der Waals surface area contributed by atoms with E-state index in [1.54, 1.807) is 30.0 Å². The van der Waals surface area contributed by atoms with Gasteiger partial charge in [-0.3, -0.25) is 4.90 Å². The quantitative estimate of drug-likeness (QED) is 0.298. The number of nitrogens with zero attached hydrogens (tertiary/aromatic N) is 3. The Hall–Kier alpha value is -3.52. The van der Waals surface area contributed by atoms with Crippen molar-refractivity contribution in [2.24, 2.45) is 0 Å². The summed E-state index contributed by atoms with van der Waals surface area (Å²) >= 11 is 0. The number of aryl methyl sites for hydroxylation is 1. The monoisotopic (exact) mass is 489 g/mol. The number of methoxy groups -OCH3 is 1. The van der Waals surface area contributed by atoms with E-state index in [4.69, 9.17) is 14.6 Å². The Balaban J connectivity index is 1.64. The van der Waals surface area contributed by atoms with Crippen LogP contribution in [0.3, 0.4) is 0 Å². The van der Waals surface area contributed by atoms with Crippen molar-refractivity contribution >= 4 is 0 Å². The van der Waals surface area contributed by atoms with Crippen LogP contribution < -0.4 is 4.74 Å². The molecule has 4 rings (SSSR count). The summed E-state index contributed by atoms with van der Waals surface area (Å²) in [5, 5.41) is 15.6. The highest BCUT2D eigenvalue weighted by Crippen LogP contribution is 2.32. The molecule has 1 N–H and O–H groups in total. The van der Waals surface area contributed by atoms with Crippen LogP contribution in [0.25, 0.3) is 5.69 Å². The molecule has 3 aromatic carbocycles. The summed E-state index contributed by atoms with van der Waals surface area (Å²) in [5.74, 6) is 0.128. The topological polar surface area (TPSA) is 59.8 Å². The minimum absolute atomic E-state index is 0.128. The Labute approximate surface area is 211 Å². The molecule has 36 heavy (non-hydrogen) atoms. The summed E-state index contributed by atoms with van der Waals surface area (Å²) in [4.78, 5) is 2.12. The summed E-state index contributed by atoms with van der Waals surface area (Å²) in [5.41, 5.74) is 3.48. The Morgan fingerprint density at radius 3 is 2.33 bits per heavy atom. The number of hydrogen-bond donors (Lipinski definition) is 1. The molecule has 1 atom stereocenters. The van der Waals surface area contributed by atoms with Crippen molar-refractivity contribution in [1.82, 2.24) is 14.7 Å². The summed E-state index contributed by atoms with van der Waals surface area (Å²) in [6.07, 6.45) is -0.0183. The molecule has 0 fully saturated rings. The minimum atomic E-state index is -0.565. The van der Waals surface area contributed by atoms with Crippen molar-refractivity contribution in [3.05, 3.63) is 108 Å². The molecule has 0 amide bonds. The molecule has 1 aromatic heterocycles. The van der Waals surface area contributed by atoms with E-state index < -0.39 is 11.9 Å². The third kappa shape index (κ3) is 6.57. The lowest BCUT2D eigenvalue weighted by atomic mass is 10.1. The Morgan fingerprint density at radius 2 is 1.64 bits per heavy atom. The van der Waals surface area contributed by atoms with Gasteiger partial charge in [0.15, 0.2) is 11.6 Å². The standard InChI is InChI=1S/C29H32FN3O3/c1-22-26(21-32(17-18-35-2)20-25(34)19-23-11-5-3-6-12-23)29(36-28-16-10-9-15-27(28)30)33(31-22)24-13-7-4-8-14-24/h3-16,25,34H,17-21H2,1-2H3/t25-/m1/s1. The molecule has 0 aliphatic rings. The molecule has 1 heterocycles. The molecule has 0 spiro atoms. The first-order chi connectivity index (χ1) is 17.5. The average molecular weight is 490 g/mol. The van der Waals surface area contributed by atoms with Crippen LogP contribution in [0.15, 0.2) is 84.9 Å². The zero-order valence-corrected chi connectivity index (χ0v) is 20.7. The SMILES string of the molecule is COCCN(Cc1c(C)nn(-c2ccccc2)c1Oc1ccccc1F)C[C@H](O)Cc1ccccc1. The molecule has 0 saturated heterocycles. The van der Waals surface area contributed by atoms with E-state index in [2.05, 4.69) is 4.90 Å². The van der Waals surface area contributed by atoms with Crippen molar-refractivity contribution in [1.29, 1.82) is 0 Å². The number of ether oxygens (including phenoxy) is 2. The van der Waals surface area contributed by atoms with Crippen LogP contribution in [0.2, 0.25) is 0 Å². The van der Waals surface area contributed by atoms with Crippen LogP contribution in [-0.2, 0) is 17.7 Å². The molecule has 0 aliphatic carbocycles. The Morgan fingerprint density at radius 1 is 0.972 bits per heavy atom. The lowest BCUT2D eigenvalue weighted by Crippen LogP contribution is -2.35. The third-order valence-electron chi connectivity index (χ3n) is 5.96. The minimum Gasteiger partial charge on any atom is -0.435 e. The van der Waals surface area contributed by atoms with E-state index in [1.165, 1.54) is 6.07 Å². The largest absolute Gasteiger partial charge is 0.435 e. The number of hydrogen-bond acceptors (Lipinski definition) is 5. The second kappa shape index (κ2) is 12.4. The van der Waals surface area contributed by atoms with Gasteiger partial charge in [-0.05, 0) is 43.2 Å². The number of halogens is 1. The molecule has 0 aliphatic heterocycles. The van der Waals surface area contributed by atoms with Gasteiger partial charge in [-0.25, -0.2) is 9.07 Å². The van der Waals surface area contributed by atoms with Crippen LogP contribution in [0.4, 0.5) is 4.39 Å². The van der Waals surface area contributed by atoms with E-state index in [-0.39, 0.29) is 5.75 Å². The fourth-order valence-electron chi connectivity index (χ4n) is 4.13. The fourth-order valence-corrected chi connectivity index (χ4v) is 4.13. The molecule has 4 aromatic rings. The molecular formula is C29H32FN3O3. The lowest BCUT2D eigenvalue weighted by Gasteiger charge is -2.25. The van der Waals surface area contributed by atoms with Crippen LogP contribution in [-0.4, -0.2) is 52.7 Å². The summed E-state index contributed by atoms with van der Waals surface area (Å²) in [6, 6.07) is 25.9. The van der Waals surface area contributed by atoms with Crippen molar-refractivity contribution in [2.45, 2.75) is 26.0 Å². The molecule has 0 saturated carbocycles. The van der Waals surface area contributed by atoms with Gasteiger partial charge >= 0.3 is 0 Å². The van der Waals surface area contributed by atoms with Gasteiger partial charge in [-0.15, -0.1) is 0 Å². The predicted molar refractivity (Wildman–Crippen MR) is 138 cm³/mol. The van der Waals surface area contributed by atoms with Gasteiger partial charge < -0.3 is 14.6 Å². The van der Waals surface area contributed by atoms with Crippen LogP contribution in [0.5, 0.6) is 11.6 Å². The summed E-state index contributed by atoms with van der Waals surface area (Å²) in [7, 11) is 1.66. The molecular weight excluding hydrogens is 457 g/mol. The van der Waals surface area contributed by atoms with Crippen LogP contribution >= 0.6 is 0 Å². The molecule has 0 radical (unpaired) electrons. The number of rotatable bonds is 12. The van der Waals surface area contributed by atoms with Gasteiger partial charge in [0.05, 0.1) is 29.7 Å². The molecule has 0 bridgehead atoms. The number of aliphatic hydroxyl groups excluding tert-OH is 1. The van der Waals surface area contributed by atoms with Crippen molar-refractivity contribution < 1.29 is 19.0 Å². The van der Waals surface area contributed by atoms with E-state index in [0.717, 1.165) is 22.5 Å². The zero-order valence-electron chi connectivity index (χ0n) is 20.7. The van der Waals surface area contributed by atoms with Gasteiger partial charge in [0.1, 0.15) is 0 Å². The van der Waals surface area contributed by atoms with Gasteiger partial charge in [-0.2, -0.15) is 5.10 Å². The van der Waals surface area contributed by atoms with Crippen molar-refractivity contribution in [2.75, 3.05) is 26.8 Å². The molecule has 7 heteroatoms. The number of aromatic nitrogens is 2. The van der Waals surface area contributed by atoms with E-state index in [1.807, 2.05) is 67.6 Å². The maximum absolute atomic E-state index is 14.5. The number of para-hydroxylation sites is 2. The first-order valence-electron chi connectivity index (χ1n) is 12.0. The maximum atomic E-state index is 14.5. The Kier molecular flexibility index (Phi) is 8.84. The van der Waals surface area contributed by atoms with Crippen LogP contribution in [0.1, 0.15) is 16.8 Å². The fraction of sp³-hybridized carbons (Fsp3) is 0.276. The molecule has 0 unspecified atom stereocenters. The highest BCUT2D eigenvalue weighted by atomic mass is 19.1. The third-order valence-corrected chi connectivity index (χ3v) is 5.96. The second-order valence-electron chi connectivity index (χ2n) is 8.72. The number of benzene rings is 3. The highest BCUT2D eigenvalue weighted by molar-refractivity contribution is 5.43. The zero-order chi connectivity index (χ0) is 25.3. The summed E-state index contributed by atoms with van der Waals surface area (Å²) < 4.78 is 27.7. The Bertz CT molecular complexity index is 1230. The highest BCUT2D eigenvalue weighted by Gasteiger charge is 2.23. The lowest BCUT2D eigenvalue weighted by molar-refractivity contribution is 0.0846. The second-order valence-corrected chi connectivity index (χ2v) is 8.72. The van der Waals surface area contributed by atoms with Gasteiger partial charge in [0, 0.05) is 26.7 Å². The molecule has 6 nitrogen and oxygen atoms in total. The summed E-state index contributed by atoms with van der Waals surface area (Å²) in [6.45, 7) is 3.92. The van der Waals surface area contributed by atoms with E-state index in [0.29, 0.717) is 38.5 Å². The average Bonchev–Trinajstić information content (AvgIpc) is 3.19. The van der Waals surface area contributed by atoms with Gasteiger partial charge in [0.25, 0.3) is 0 Å². The van der Waals surface area contributed by atoms with Gasteiger partial charge in [0.2, 0.25) is 5.88 Å². The van der Waals surface area contributed by atoms with Crippen molar-refractivity contribution in [3.8, 4) is 17.3 Å².